The largest absolute Gasteiger partial charge is 0.395 e. The van der Waals surface area contributed by atoms with E-state index >= 15 is 0 Å². The van der Waals surface area contributed by atoms with Crippen LogP contribution in [0.3, 0.4) is 0 Å². The van der Waals surface area contributed by atoms with E-state index < -0.39 is 11.2 Å². The molecule has 1 aliphatic rings. The van der Waals surface area contributed by atoms with E-state index in [0.717, 1.165) is 6.42 Å². The second-order valence-corrected chi connectivity index (χ2v) is 4.74. The van der Waals surface area contributed by atoms with Crippen LogP contribution in [-0.4, -0.2) is 23.4 Å². The fourth-order valence-electron chi connectivity index (χ4n) is 2.45. The Bertz CT molecular complexity index is 402. The normalized spacial score (nSPS) is 18.2. The average molecular weight is 245 g/mol. The first-order valence-corrected chi connectivity index (χ1v) is 5.71. The SMILES string of the molecule is OCC1(CO)CCCc2c1ccc(Cl)c2F. The summed E-state index contributed by atoms with van der Waals surface area (Å²) in [5.41, 5.74) is 0.534. The van der Waals surface area contributed by atoms with Gasteiger partial charge in [0.05, 0.1) is 18.2 Å². The summed E-state index contributed by atoms with van der Waals surface area (Å²) in [6.07, 6.45) is 2.04. The summed E-state index contributed by atoms with van der Waals surface area (Å²) >= 11 is 5.73. The Morgan fingerprint density at radius 1 is 1.31 bits per heavy atom. The van der Waals surface area contributed by atoms with Gasteiger partial charge < -0.3 is 10.2 Å². The molecule has 0 bridgehead atoms. The number of hydrogen-bond donors (Lipinski definition) is 2. The molecule has 0 aromatic heterocycles. The zero-order valence-corrected chi connectivity index (χ0v) is 9.60. The van der Waals surface area contributed by atoms with Crippen molar-refractivity contribution in [1.82, 2.24) is 0 Å². The van der Waals surface area contributed by atoms with Crippen molar-refractivity contribution in [3.8, 4) is 0 Å². The van der Waals surface area contributed by atoms with Crippen LogP contribution >= 0.6 is 11.6 Å². The van der Waals surface area contributed by atoms with E-state index in [2.05, 4.69) is 0 Å². The molecule has 2 N–H and O–H groups in total. The summed E-state index contributed by atoms with van der Waals surface area (Å²) in [7, 11) is 0. The quantitative estimate of drug-likeness (QED) is 0.836. The fraction of sp³-hybridized carbons (Fsp3) is 0.500. The van der Waals surface area contributed by atoms with Crippen molar-refractivity contribution in [2.24, 2.45) is 0 Å². The first kappa shape index (κ1) is 11.8. The van der Waals surface area contributed by atoms with Crippen molar-refractivity contribution in [3.05, 3.63) is 34.1 Å². The van der Waals surface area contributed by atoms with Gasteiger partial charge in [0.1, 0.15) is 5.82 Å². The molecular weight excluding hydrogens is 231 g/mol. The molecule has 0 fully saturated rings. The smallest absolute Gasteiger partial charge is 0.145 e. The fourth-order valence-corrected chi connectivity index (χ4v) is 2.63. The Hall–Kier alpha value is -0.640. The standard InChI is InChI=1S/C12H14ClFO2/c13-10-4-3-9-8(11(10)14)2-1-5-12(9,6-15)7-16/h3-4,15-16H,1-2,5-7H2. The van der Waals surface area contributed by atoms with Gasteiger partial charge in [-0.15, -0.1) is 0 Å². The minimum atomic E-state index is -0.709. The van der Waals surface area contributed by atoms with Gasteiger partial charge in [0.2, 0.25) is 0 Å². The zero-order chi connectivity index (χ0) is 11.8. The molecule has 88 valence electrons. The van der Waals surface area contributed by atoms with Gasteiger partial charge in [-0.1, -0.05) is 17.7 Å². The van der Waals surface area contributed by atoms with Gasteiger partial charge in [-0.3, -0.25) is 0 Å². The van der Waals surface area contributed by atoms with Gasteiger partial charge in [0.15, 0.2) is 0 Å². The molecule has 1 aromatic rings. The first-order chi connectivity index (χ1) is 7.64. The molecule has 1 aliphatic carbocycles. The Kier molecular flexibility index (Phi) is 3.19. The van der Waals surface area contributed by atoms with Gasteiger partial charge in [0, 0.05) is 5.41 Å². The van der Waals surface area contributed by atoms with Gasteiger partial charge in [0.25, 0.3) is 0 Å². The molecule has 0 aliphatic heterocycles. The Labute approximate surface area is 98.7 Å². The minimum absolute atomic E-state index is 0.102. The van der Waals surface area contributed by atoms with Gasteiger partial charge >= 0.3 is 0 Å². The van der Waals surface area contributed by atoms with Crippen LogP contribution in [0.5, 0.6) is 0 Å². The number of fused-ring (bicyclic) bond motifs is 1. The maximum atomic E-state index is 13.8. The third kappa shape index (κ3) is 1.63. The van der Waals surface area contributed by atoms with Crippen molar-refractivity contribution >= 4 is 11.6 Å². The second kappa shape index (κ2) is 4.32. The van der Waals surface area contributed by atoms with E-state index in [-0.39, 0.29) is 18.2 Å². The predicted octanol–water partition coefficient (Wildman–Crippen LogP) is 2.04. The summed E-state index contributed by atoms with van der Waals surface area (Å²) < 4.78 is 13.8. The summed E-state index contributed by atoms with van der Waals surface area (Å²) in [5.74, 6) is -0.412. The summed E-state index contributed by atoms with van der Waals surface area (Å²) in [6, 6.07) is 3.20. The summed E-state index contributed by atoms with van der Waals surface area (Å²) in [5, 5.41) is 19.0. The molecule has 0 spiro atoms. The van der Waals surface area contributed by atoms with Crippen molar-refractivity contribution < 1.29 is 14.6 Å². The topological polar surface area (TPSA) is 40.5 Å². The molecule has 0 amide bonds. The summed E-state index contributed by atoms with van der Waals surface area (Å²) in [6.45, 7) is -0.338. The van der Waals surface area contributed by atoms with Crippen LogP contribution in [0.15, 0.2) is 12.1 Å². The van der Waals surface area contributed by atoms with Crippen LogP contribution in [0.2, 0.25) is 5.02 Å². The number of rotatable bonds is 2. The van der Waals surface area contributed by atoms with Crippen molar-refractivity contribution in [1.29, 1.82) is 0 Å². The van der Waals surface area contributed by atoms with E-state index in [4.69, 9.17) is 11.6 Å². The molecule has 0 heterocycles. The molecule has 2 rings (SSSR count). The monoisotopic (exact) mass is 244 g/mol. The van der Waals surface area contributed by atoms with Crippen LogP contribution in [0, 0.1) is 5.82 Å². The Morgan fingerprint density at radius 2 is 2.00 bits per heavy atom. The van der Waals surface area contributed by atoms with E-state index in [1.54, 1.807) is 6.07 Å². The van der Waals surface area contributed by atoms with E-state index in [9.17, 15) is 14.6 Å². The lowest BCUT2D eigenvalue weighted by atomic mass is 9.71. The number of hydrogen-bond acceptors (Lipinski definition) is 2. The molecule has 0 radical (unpaired) electrons. The molecule has 4 heteroatoms. The van der Waals surface area contributed by atoms with Crippen molar-refractivity contribution in [2.45, 2.75) is 24.7 Å². The van der Waals surface area contributed by atoms with Crippen LogP contribution in [0.4, 0.5) is 4.39 Å². The van der Waals surface area contributed by atoms with Gasteiger partial charge in [-0.25, -0.2) is 4.39 Å². The van der Waals surface area contributed by atoms with Crippen LogP contribution in [-0.2, 0) is 11.8 Å². The lowest BCUT2D eigenvalue weighted by Crippen LogP contribution is -2.38. The van der Waals surface area contributed by atoms with Gasteiger partial charge in [-0.05, 0) is 36.5 Å². The highest BCUT2D eigenvalue weighted by Crippen LogP contribution is 2.39. The lowest BCUT2D eigenvalue weighted by molar-refractivity contribution is 0.102. The second-order valence-electron chi connectivity index (χ2n) is 4.34. The Balaban J connectivity index is 2.59. The molecule has 0 unspecified atom stereocenters. The third-order valence-electron chi connectivity index (χ3n) is 3.45. The highest BCUT2D eigenvalue weighted by atomic mass is 35.5. The highest BCUT2D eigenvalue weighted by molar-refractivity contribution is 6.30. The molecule has 0 saturated carbocycles. The van der Waals surface area contributed by atoms with Crippen LogP contribution < -0.4 is 0 Å². The average Bonchev–Trinajstić information content (AvgIpc) is 2.33. The van der Waals surface area contributed by atoms with E-state index in [1.807, 2.05) is 0 Å². The molecule has 0 atom stereocenters. The lowest BCUT2D eigenvalue weighted by Gasteiger charge is -2.36. The number of aliphatic hydroxyl groups is 2. The number of aliphatic hydroxyl groups excluding tert-OH is 2. The summed E-state index contributed by atoms with van der Waals surface area (Å²) in [4.78, 5) is 0. The van der Waals surface area contributed by atoms with E-state index in [1.165, 1.54) is 6.07 Å². The highest BCUT2D eigenvalue weighted by Gasteiger charge is 2.37. The van der Waals surface area contributed by atoms with Crippen molar-refractivity contribution in [2.75, 3.05) is 13.2 Å². The molecule has 1 aromatic carbocycles. The molecule has 16 heavy (non-hydrogen) atoms. The predicted molar refractivity (Wildman–Crippen MR) is 60.2 cm³/mol. The molecule has 2 nitrogen and oxygen atoms in total. The van der Waals surface area contributed by atoms with Crippen LogP contribution in [0.1, 0.15) is 24.0 Å². The van der Waals surface area contributed by atoms with Crippen molar-refractivity contribution in [3.63, 3.8) is 0 Å². The zero-order valence-electron chi connectivity index (χ0n) is 8.84. The van der Waals surface area contributed by atoms with Crippen LogP contribution in [0.25, 0.3) is 0 Å². The van der Waals surface area contributed by atoms with E-state index in [0.29, 0.717) is 24.0 Å². The minimum Gasteiger partial charge on any atom is -0.395 e. The maximum absolute atomic E-state index is 13.8. The number of benzene rings is 1. The number of halogens is 2. The van der Waals surface area contributed by atoms with Gasteiger partial charge in [-0.2, -0.15) is 0 Å². The Morgan fingerprint density at radius 3 is 2.62 bits per heavy atom. The molecular formula is C12H14ClFO2. The first-order valence-electron chi connectivity index (χ1n) is 5.34. The molecule has 0 saturated heterocycles. The third-order valence-corrected chi connectivity index (χ3v) is 3.75. The maximum Gasteiger partial charge on any atom is 0.145 e.